The molecule has 108 valence electrons. The molecule has 1 saturated carbocycles. The van der Waals surface area contributed by atoms with E-state index in [0.717, 1.165) is 19.3 Å². The summed E-state index contributed by atoms with van der Waals surface area (Å²) in [7, 11) is 0. The second kappa shape index (κ2) is 5.49. The lowest BCUT2D eigenvalue weighted by Gasteiger charge is -2.37. The Morgan fingerprint density at radius 1 is 1.32 bits per heavy atom. The van der Waals surface area contributed by atoms with Gasteiger partial charge in [-0.1, -0.05) is 26.7 Å². The number of carboxylic acids is 1. The monoisotopic (exact) mass is 269 g/mol. The summed E-state index contributed by atoms with van der Waals surface area (Å²) in [4.78, 5) is 23.8. The molecule has 19 heavy (non-hydrogen) atoms. The summed E-state index contributed by atoms with van der Waals surface area (Å²) >= 11 is 0. The van der Waals surface area contributed by atoms with Crippen molar-refractivity contribution < 1.29 is 19.4 Å². The Morgan fingerprint density at radius 3 is 2.58 bits per heavy atom. The molecule has 0 aromatic rings. The average Bonchev–Trinajstić information content (AvgIpc) is 2.75. The molecule has 2 rings (SSSR count). The van der Waals surface area contributed by atoms with Gasteiger partial charge >= 0.3 is 5.97 Å². The zero-order valence-corrected chi connectivity index (χ0v) is 11.6. The van der Waals surface area contributed by atoms with Gasteiger partial charge in [0.25, 0.3) is 0 Å². The van der Waals surface area contributed by atoms with Crippen LogP contribution in [0, 0.1) is 11.8 Å². The Bertz CT molecular complexity index is 370. The molecule has 2 aliphatic rings. The number of carboxylic acid groups (broad SMARTS) is 1. The molecule has 4 unspecified atom stereocenters. The van der Waals surface area contributed by atoms with Crippen molar-refractivity contribution in [2.45, 2.75) is 57.6 Å². The minimum absolute atomic E-state index is 0.159. The van der Waals surface area contributed by atoms with E-state index in [4.69, 9.17) is 4.74 Å². The molecular weight excluding hydrogens is 246 g/mol. The van der Waals surface area contributed by atoms with Crippen LogP contribution in [0.25, 0.3) is 0 Å². The zero-order valence-electron chi connectivity index (χ0n) is 11.6. The van der Waals surface area contributed by atoms with E-state index in [1.165, 1.54) is 0 Å². The Morgan fingerprint density at radius 2 is 2.05 bits per heavy atom. The molecule has 1 amide bonds. The van der Waals surface area contributed by atoms with Crippen molar-refractivity contribution >= 4 is 11.9 Å². The summed E-state index contributed by atoms with van der Waals surface area (Å²) < 4.78 is 5.42. The maximum Gasteiger partial charge on any atom is 0.329 e. The third kappa shape index (κ3) is 2.91. The Hall–Kier alpha value is -1.10. The number of hydrogen-bond donors (Lipinski definition) is 2. The topological polar surface area (TPSA) is 75.6 Å². The smallest absolute Gasteiger partial charge is 0.329 e. The lowest BCUT2D eigenvalue weighted by atomic mass is 9.76. The fraction of sp³-hybridized carbons (Fsp3) is 0.857. The molecule has 0 radical (unpaired) electrons. The minimum atomic E-state index is -1.10. The van der Waals surface area contributed by atoms with Gasteiger partial charge in [0, 0.05) is 6.61 Å². The number of aliphatic carboxylic acids is 1. The van der Waals surface area contributed by atoms with E-state index in [1.807, 2.05) is 13.8 Å². The fourth-order valence-corrected chi connectivity index (χ4v) is 3.25. The molecule has 1 heterocycles. The summed E-state index contributed by atoms with van der Waals surface area (Å²) in [5.41, 5.74) is -1.10. The maximum absolute atomic E-state index is 12.2. The van der Waals surface area contributed by atoms with Crippen LogP contribution in [0.15, 0.2) is 0 Å². The van der Waals surface area contributed by atoms with Gasteiger partial charge in [-0.05, 0) is 31.1 Å². The summed E-state index contributed by atoms with van der Waals surface area (Å²) in [5.74, 6) is -0.696. The number of nitrogens with one attached hydrogen (secondary N) is 1. The quantitative estimate of drug-likeness (QED) is 0.815. The fourth-order valence-electron chi connectivity index (χ4n) is 3.25. The highest BCUT2D eigenvalue weighted by molar-refractivity contribution is 5.89. The number of hydrogen-bond acceptors (Lipinski definition) is 3. The van der Waals surface area contributed by atoms with Crippen molar-refractivity contribution in [3.8, 4) is 0 Å². The van der Waals surface area contributed by atoms with Gasteiger partial charge in [-0.15, -0.1) is 0 Å². The van der Waals surface area contributed by atoms with Crippen LogP contribution in [0.2, 0.25) is 0 Å². The largest absolute Gasteiger partial charge is 0.480 e. The molecule has 5 nitrogen and oxygen atoms in total. The normalized spacial score (nSPS) is 38.9. The molecule has 0 spiro atoms. The van der Waals surface area contributed by atoms with Gasteiger partial charge in [0.15, 0.2) is 0 Å². The van der Waals surface area contributed by atoms with Crippen LogP contribution in [0.4, 0.5) is 0 Å². The third-order valence-electron chi connectivity index (χ3n) is 4.42. The van der Waals surface area contributed by atoms with Crippen LogP contribution in [-0.4, -0.2) is 35.2 Å². The van der Waals surface area contributed by atoms with E-state index < -0.39 is 17.6 Å². The minimum Gasteiger partial charge on any atom is -0.480 e. The van der Waals surface area contributed by atoms with Crippen LogP contribution >= 0.6 is 0 Å². The summed E-state index contributed by atoms with van der Waals surface area (Å²) in [6.07, 6.45) is 3.26. The van der Waals surface area contributed by atoms with E-state index in [2.05, 4.69) is 5.32 Å². The van der Waals surface area contributed by atoms with Gasteiger partial charge in [-0.25, -0.2) is 4.79 Å². The lowest BCUT2D eigenvalue weighted by molar-refractivity contribution is -0.152. The van der Waals surface area contributed by atoms with Gasteiger partial charge in [-0.3, -0.25) is 4.79 Å². The van der Waals surface area contributed by atoms with Gasteiger partial charge in [0.05, 0.1) is 0 Å². The molecule has 1 aliphatic carbocycles. The van der Waals surface area contributed by atoms with Gasteiger partial charge < -0.3 is 15.2 Å². The molecule has 1 saturated heterocycles. The zero-order chi connectivity index (χ0) is 14.0. The van der Waals surface area contributed by atoms with Crippen LogP contribution in [-0.2, 0) is 14.3 Å². The highest BCUT2D eigenvalue weighted by Crippen LogP contribution is 2.33. The third-order valence-corrected chi connectivity index (χ3v) is 4.42. The summed E-state index contributed by atoms with van der Waals surface area (Å²) in [6.45, 7) is 4.58. The van der Waals surface area contributed by atoms with Crippen LogP contribution < -0.4 is 5.32 Å². The summed E-state index contributed by atoms with van der Waals surface area (Å²) in [5, 5.41) is 12.3. The highest BCUT2D eigenvalue weighted by atomic mass is 16.5. The van der Waals surface area contributed by atoms with Crippen molar-refractivity contribution in [3.63, 3.8) is 0 Å². The molecule has 0 aromatic carbocycles. The van der Waals surface area contributed by atoms with E-state index in [9.17, 15) is 14.7 Å². The van der Waals surface area contributed by atoms with Gasteiger partial charge in [0.2, 0.25) is 5.91 Å². The number of carbonyl (C=O) groups excluding carboxylic acids is 1. The first-order chi connectivity index (χ1) is 8.94. The number of rotatable bonds is 3. The molecule has 1 aliphatic heterocycles. The van der Waals surface area contributed by atoms with Crippen molar-refractivity contribution in [3.05, 3.63) is 0 Å². The molecular formula is C14H23NO4. The Balaban J connectivity index is 2.08. The number of amides is 1. The van der Waals surface area contributed by atoms with Crippen LogP contribution in [0.1, 0.15) is 46.0 Å². The molecule has 0 bridgehead atoms. The summed E-state index contributed by atoms with van der Waals surface area (Å²) in [6, 6.07) is 0. The second-order valence-corrected chi connectivity index (χ2v) is 6.14. The molecule has 2 fully saturated rings. The SMILES string of the molecule is CC1CCCC(NC(=O)C2OCCC2C)(C(=O)O)C1. The molecule has 0 aromatic heterocycles. The lowest BCUT2D eigenvalue weighted by Crippen LogP contribution is -2.59. The highest BCUT2D eigenvalue weighted by Gasteiger charge is 2.45. The Labute approximate surface area is 113 Å². The first-order valence-electron chi connectivity index (χ1n) is 7.11. The van der Waals surface area contributed by atoms with Crippen LogP contribution in [0.3, 0.4) is 0 Å². The molecule has 4 atom stereocenters. The van der Waals surface area contributed by atoms with Crippen molar-refractivity contribution in [2.75, 3.05) is 6.61 Å². The van der Waals surface area contributed by atoms with E-state index >= 15 is 0 Å². The molecule has 2 N–H and O–H groups in total. The van der Waals surface area contributed by atoms with E-state index in [1.54, 1.807) is 0 Å². The average molecular weight is 269 g/mol. The van der Waals surface area contributed by atoms with Gasteiger partial charge in [0.1, 0.15) is 11.6 Å². The predicted octanol–water partition coefficient (Wildman–Crippen LogP) is 1.56. The first kappa shape index (κ1) is 14.3. The predicted molar refractivity (Wildman–Crippen MR) is 69.7 cm³/mol. The number of ether oxygens (including phenoxy) is 1. The number of carbonyl (C=O) groups is 2. The van der Waals surface area contributed by atoms with Crippen molar-refractivity contribution in [1.29, 1.82) is 0 Å². The van der Waals surface area contributed by atoms with Gasteiger partial charge in [-0.2, -0.15) is 0 Å². The molecule has 5 heteroatoms. The first-order valence-corrected chi connectivity index (χ1v) is 7.11. The maximum atomic E-state index is 12.2. The van der Waals surface area contributed by atoms with E-state index in [-0.39, 0.29) is 11.8 Å². The van der Waals surface area contributed by atoms with E-state index in [0.29, 0.717) is 25.4 Å². The second-order valence-electron chi connectivity index (χ2n) is 6.14. The van der Waals surface area contributed by atoms with Crippen LogP contribution in [0.5, 0.6) is 0 Å². The Kier molecular flexibility index (Phi) is 4.13. The standard InChI is InChI=1S/C14H23NO4/c1-9-4-3-6-14(8-9,13(17)18)15-12(16)11-10(2)5-7-19-11/h9-11H,3-8H2,1-2H3,(H,15,16)(H,17,18). The van der Waals surface area contributed by atoms with Crippen molar-refractivity contribution in [2.24, 2.45) is 11.8 Å². The van der Waals surface area contributed by atoms with Crippen molar-refractivity contribution in [1.82, 2.24) is 5.32 Å².